The zero-order valence-corrected chi connectivity index (χ0v) is 9.58. The van der Waals surface area contributed by atoms with Crippen LogP contribution in [-0.4, -0.2) is 29.4 Å². The Morgan fingerprint density at radius 1 is 1.27 bits per heavy atom. The third-order valence-electron chi connectivity index (χ3n) is 2.21. The molecule has 0 rings (SSSR count). The van der Waals surface area contributed by atoms with E-state index in [1.807, 2.05) is 0 Å². The van der Waals surface area contributed by atoms with Crippen LogP contribution >= 0.6 is 0 Å². The van der Waals surface area contributed by atoms with Gasteiger partial charge in [0, 0.05) is 6.42 Å². The number of hydrogen-bond acceptors (Lipinski definition) is 3. The summed E-state index contributed by atoms with van der Waals surface area (Å²) in [6.45, 7) is 4.21. The predicted molar refractivity (Wildman–Crippen MR) is 58.9 cm³/mol. The molecule has 15 heavy (non-hydrogen) atoms. The van der Waals surface area contributed by atoms with Gasteiger partial charge in [0.1, 0.15) is 11.8 Å². The summed E-state index contributed by atoms with van der Waals surface area (Å²) >= 11 is 0. The Labute approximate surface area is 91.1 Å². The molecule has 0 saturated heterocycles. The minimum Gasteiger partial charge on any atom is -0.480 e. The highest BCUT2D eigenvalue weighted by atomic mass is 16.4. The number of carboxylic acids is 1. The molecule has 0 fully saturated rings. The van der Waals surface area contributed by atoms with Gasteiger partial charge in [-0.3, -0.25) is 9.59 Å². The molecule has 4 nitrogen and oxygen atoms in total. The molecule has 0 saturated carbocycles. The number of rotatable bonds is 9. The topological polar surface area (TPSA) is 66.4 Å². The molecular weight excluding hydrogens is 194 g/mol. The Bertz CT molecular complexity index is 204. The van der Waals surface area contributed by atoms with Crippen LogP contribution < -0.4 is 5.32 Å². The molecular formula is C11H21NO3. The van der Waals surface area contributed by atoms with Crippen molar-refractivity contribution in [3.8, 4) is 0 Å². The highest BCUT2D eigenvalue weighted by Crippen LogP contribution is 1.99. The zero-order chi connectivity index (χ0) is 11.7. The first-order chi connectivity index (χ1) is 7.07. The van der Waals surface area contributed by atoms with Crippen LogP contribution in [0, 0.1) is 0 Å². The van der Waals surface area contributed by atoms with Gasteiger partial charge in [-0.25, -0.2) is 0 Å². The SMILES string of the molecule is CCCCCCNC(CC(C)=O)C(=O)O. The summed E-state index contributed by atoms with van der Waals surface area (Å²) in [7, 11) is 0. The molecule has 0 heterocycles. The lowest BCUT2D eigenvalue weighted by Crippen LogP contribution is -2.38. The van der Waals surface area contributed by atoms with Crippen molar-refractivity contribution in [3.05, 3.63) is 0 Å². The maximum absolute atomic E-state index is 10.8. The van der Waals surface area contributed by atoms with E-state index in [2.05, 4.69) is 12.2 Å². The highest BCUT2D eigenvalue weighted by Gasteiger charge is 2.17. The van der Waals surface area contributed by atoms with Crippen LogP contribution in [0.1, 0.15) is 46.0 Å². The van der Waals surface area contributed by atoms with E-state index in [0.717, 1.165) is 19.3 Å². The van der Waals surface area contributed by atoms with Crippen molar-refractivity contribution in [2.75, 3.05) is 6.54 Å². The van der Waals surface area contributed by atoms with Gasteiger partial charge in [-0.05, 0) is 19.9 Å². The van der Waals surface area contributed by atoms with E-state index in [4.69, 9.17) is 5.11 Å². The summed E-state index contributed by atoms with van der Waals surface area (Å²) in [5.74, 6) is -1.04. The quantitative estimate of drug-likeness (QED) is 0.573. The number of ketones is 1. The van der Waals surface area contributed by atoms with Gasteiger partial charge in [0.05, 0.1) is 0 Å². The number of nitrogens with one attached hydrogen (secondary N) is 1. The fourth-order valence-electron chi connectivity index (χ4n) is 1.36. The second kappa shape index (κ2) is 8.41. The second-order valence-electron chi connectivity index (χ2n) is 3.81. The molecule has 0 bridgehead atoms. The molecule has 0 amide bonds. The van der Waals surface area contributed by atoms with E-state index in [1.165, 1.54) is 13.3 Å². The van der Waals surface area contributed by atoms with E-state index in [-0.39, 0.29) is 12.2 Å². The molecule has 1 unspecified atom stereocenters. The van der Waals surface area contributed by atoms with Crippen molar-refractivity contribution in [2.45, 2.75) is 52.0 Å². The highest BCUT2D eigenvalue weighted by molar-refractivity contribution is 5.84. The van der Waals surface area contributed by atoms with Crippen LogP contribution in [0.5, 0.6) is 0 Å². The Morgan fingerprint density at radius 2 is 1.93 bits per heavy atom. The molecule has 0 aliphatic rings. The van der Waals surface area contributed by atoms with Gasteiger partial charge in [-0.15, -0.1) is 0 Å². The van der Waals surface area contributed by atoms with E-state index in [1.54, 1.807) is 0 Å². The molecule has 88 valence electrons. The van der Waals surface area contributed by atoms with Gasteiger partial charge in [0.15, 0.2) is 0 Å². The third kappa shape index (κ3) is 8.12. The summed E-state index contributed by atoms with van der Waals surface area (Å²) in [6, 6.07) is -0.718. The Kier molecular flexibility index (Phi) is 7.91. The maximum atomic E-state index is 10.8. The van der Waals surface area contributed by atoms with Crippen molar-refractivity contribution in [1.29, 1.82) is 0 Å². The molecule has 0 aliphatic heterocycles. The smallest absolute Gasteiger partial charge is 0.321 e. The summed E-state index contributed by atoms with van der Waals surface area (Å²) in [6.07, 6.45) is 4.48. The van der Waals surface area contributed by atoms with Gasteiger partial charge in [-0.1, -0.05) is 26.2 Å². The van der Waals surface area contributed by atoms with Crippen LogP contribution in [0.4, 0.5) is 0 Å². The fourth-order valence-corrected chi connectivity index (χ4v) is 1.36. The molecule has 2 N–H and O–H groups in total. The molecule has 1 atom stereocenters. The van der Waals surface area contributed by atoms with Gasteiger partial charge < -0.3 is 10.4 Å². The van der Waals surface area contributed by atoms with Crippen LogP contribution in [0.15, 0.2) is 0 Å². The number of carbonyl (C=O) groups is 2. The molecule has 0 radical (unpaired) electrons. The third-order valence-corrected chi connectivity index (χ3v) is 2.21. The summed E-state index contributed by atoms with van der Waals surface area (Å²) < 4.78 is 0. The van der Waals surface area contributed by atoms with E-state index >= 15 is 0 Å². The van der Waals surface area contributed by atoms with Crippen LogP contribution in [-0.2, 0) is 9.59 Å². The number of carbonyl (C=O) groups excluding carboxylic acids is 1. The average molecular weight is 215 g/mol. The minimum atomic E-state index is -0.944. The molecule has 0 aromatic carbocycles. The lowest BCUT2D eigenvalue weighted by molar-refractivity contribution is -0.141. The predicted octanol–water partition coefficient (Wildman–Crippen LogP) is 1.59. The van der Waals surface area contributed by atoms with Crippen LogP contribution in [0.2, 0.25) is 0 Å². The van der Waals surface area contributed by atoms with Crippen molar-refractivity contribution in [3.63, 3.8) is 0 Å². The van der Waals surface area contributed by atoms with E-state index < -0.39 is 12.0 Å². The lowest BCUT2D eigenvalue weighted by Gasteiger charge is -2.12. The van der Waals surface area contributed by atoms with Gasteiger partial charge in [0.2, 0.25) is 0 Å². The number of carboxylic acid groups (broad SMARTS) is 1. The Morgan fingerprint density at radius 3 is 2.40 bits per heavy atom. The second-order valence-corrected chi connectivity index (χ2v) is 3.81. The normalized spacial score (nSPS) is 12.4. The van der Waals surface area contributed by atoms with Crippen LogP contribution in [0.3, 0.4) is 0 Å². The van der Waals surface area contributed by atoms with E-state index in [9.17, 15) is 9.59 Å². The monoisotopic (exact) mass is 215 g/mol. The maximum Gasteiger partial charge on any atom is 0.321 e. The Balaban J connectivity index is 3.67. The minimum absolute atomic E-state index is 0.0725. The van der Waals surface area contributed by atoms with Crippen molar-refractivity contribution >= 4 is 11.8 Å². The van der Waals surface area contributed by atoms with Crippen molar-refractivity contribution < 1.29 is 14.7 Å². The molecule has 0 aromatic heterocycles. The summed E-state index contributed by atoms with van der Waals surface area (Å²) in [4.78, 5) is 21.5. The molecule has 0 aliphatic carbocycles. The number of aliphatic carboxylic acids is 1. The molecule has 0 spiro atoms. The molecule has 0 aromatic rings. The zero-order valence-electron chi connectivity index (χ0n) is 9.58. The number of unbranched alkanes of at least 4 members (excludes halogenated alkanes) is 3. The first-order valence-electron chi connectivity index (χ1n) is 5.53. The first kappa shape index (κ1) is 14.1. The summed E-state index contributed by atoms with van der Waals surface area (Å²) in [5.41, 5.74) is 0. The average Bonchev–Trinajstić information content (AvgIpc) is 2.15. The fraction of sp³-hybridized carbons (Fsp3) is 0.818. The van der Waals surface area contributed by atoms with Gasteiger partial charge in [0.25, 0.3) is 0 Å². The lowest BCUT2D eigenvalue weighted by atomic mass is 10.1. The molecule has 4 heteroatoms. The van der Waals surface area contributed by atoms with Crippen molar-refractivity contribution in [2.24, 2.45) is 0 Å². The summed E-state index contributed by atoms with van der Waals surface area (Å²) in [5, 5.41) is 11.7. The van der Waals surface area contributed by atoms with Gasteiger partial charge >= 0.3 is 5.97 Å². The largest absolute Gasteiger partial charge is 0.480 e. The van der Waals surface area contributed by atoms with E-state index in [0.29, 0.717) is 6.54 Å². The first-order valence-corrected chi connectivity index (χ1v) is 5.53. The van der Waals surface area contributed by atoms with Crippen molar-refractivity contribution in [1.82, 2.24) is 5.32 Å². The van der Waals surface area contributed by atoms with Crippen LogP contribution in [0.25, 0.3) is 0 Å². The Hall–Kier alpha value is -0.900. The van der Waals surface area contributed by atoms with Gasteiger partial charge in [-0.2, -0.15) is 0 Å². The number of Topliss-reactive ketones (excluding diaryl/α,β-unsaturated/α-hetero) is 1. The standard InChI is InChI=1S/C11H21NO3/c1-3-4-5-6-7-12-10(11(14)15)8-9(2)13/h10,12H,3-8H2,1-2H3,(H,14,15). The number of hydrogen-bond donors (Lipinski definition) is 2.